The van der Waals surface area contributed by atoms with E-state index in [2.05, 4.69) is 38.3 Å². The Morgan fingerprint density at radius 2 is 1.80 bits per heavy atom. The average molecular weight is 230 g/mol. The number of hydrogen-bond acceptors (Lipinski definition) is 1. The molecule has 15 heavy (non-hydrogen) atoms. The van der Waals surface area contributed by atoms with Crippen molar-refractivity contribution in [3.8, 4) is 0 Å². The summed E-state index contributed by atoms with van der Waals surface area (Å²) in [6, 6.07) is 0. The number of nitrogens with one attached hydrogen (secondary N) is 2. The van der Waals surface area contributed by atoms with Gasteiger partial charge in [-0.1, -0.05) is 40.0 Å². The second-order valence-corrected chi connectivity index (χ2v) is 5.24. The Labute approximate surface area is 100 Å². The Morgan fingerprint density at radius 1 is 1.13 bits per heavy atom. The molecule has 0 radical (unpaired) electrons. The molecule has 0 amide bonds. The summed E-state index contributed by atoms with van der Waals surface area (Å²) in [4.78, 5) is 0. The van der Waals surface area contributed by atoms with Crippen LogP contribution >= 0.6 is 12.2 Å². The summed E-state index contributed by atoms with van der Waals surface area (Å²) in [5.74, 6) is 0. The molecule has 0 aliphatic rings. The molecule has 0 aliphatic heterocycles. The SMILES string of the molecule is CCCCCC(C)(C)CNC(=S)NCC. The van der Waals surface area contributed by atoms with Gasteiger partial charge in [-0.3, -0.25) is 0 Å². The lowest BCUT2D eigenvalue weighted by Crippen LogP contribution is -2.40. The zero-order valence-corrected chi connectivity index (χ0v) is 11.5. The third-order valence-corrected chi connectivity index (χ3v) is 2.81. The standard InChI is InChI=1S/C12H26N2S/c1-5-7-8-9-12(3,4)10-14-11(15)13-6-2/h5-10H2,1-4H3,(H2,13,14,15). The molecule has 2 N–H and O–H groups in total. The lowest BCUT2D eigenvalue weighted by Gasteiger charge is -2.25. The monoisotopic (exact) mass is 230 g/mol. The van der Waals surface area contributed by atoms with E-state index in [0.29, 0.717) is 5.41 Å². The third-order valence-electron chi connectivity index (χ3n) is 2.52. The molecular formula is C12H26N2S. The van der Waals surface area contributed by atoms with Crippen LogP contribution in [0.2, 0.25) is 0 Å². The van der Waals surface area contributed by atoms with E-state index in [4.69, 9.17) is 12.2 Å². The van der Waals surface area contributed by atoms with Gasteiger partial charge in [0, 0.05) is 13.1 Å². The van der Waals surface area contributed by atoms with E-state index in [-0.39, 0.29) is 0 Å². The van der Waals surface area contributed by atoms with E-state index in [1.54, 1.807) is 0 Å². The molecule has 3 heteroatoms. The summed E-state index contributed by atoms with van der Waals surface area (Å²) >= 11 is 5.13. The van der Waals surface area contributed by atoms with Gasteiger partial charge in [0.25, 0.3) is 0 Å². The maximum absolute atomic E-state index is 5.13. The number of rotatable bonds is 7. The second-order valence-electron chi connectivity index (χ2n) is 4.83. The molecular weight excluding hydrogens is 204 g/mol. The molecule has 0 fully saturated rings. The van der Waals surface area contributed by atoms with Crippen LogP contribution in [0.25, 0.3) is 0 Å². The summed E-state index contributed by atoms with van der Waals surface area (Å²) in [5, 5.41) is 7.16. The fourth-order valence-electron chi connectivity index (χ4n) is 1.48. The first-order valence-electron chi connectivity index (χ1n) is 6.03. The van der Waals surface area contributed by atoms with Gasteiger partial charge in [0.1, 0.15) is 0 Å². The second kappa shape index (κ2) is 7.91. The van der Waals surface area contributed by atoms with Crippen molar-refractivity contribution in [1.29, 1.82) is 0 Å². The van der Waals surface area contributed by atoms with Crippen molar-refractivity contribution in [2.24, 2.45) is 5.41 Å². The van der Waals surface area contributed by atoms with Gasteiger partial charge in [-0.2, -0.15) is 0 Å². The highest BCUT2D eigenvalue weighted by Gasteiger charge is 2.17. The minimum absolute atomic E-state index is 0.342. The minimum atomic E-state index is 0.342. The maximum Gasteiger partial charge on any atom is 0.166 e. The molecule has 0 aromatic carbocycles. The summed E-state index contributed by atoms with van der Waals surface area (Å²) in [6.07, 6.45) is 5.21. The van der Waals surface area contributed by atoms with Crippen molar-refractivity contribution in [3.05, 3.63) is 0 Å². The first-order valence-corrected chi connectivity index (χ1v) is 6.44. The van der Waals surface area contributed by atoms with E-state index in [1.165, 1.54) is 25.7 Å². The number of thiocarbonyl (C=S) groups is 1. The van der Waals surface area contributed by atoms with E-state index in [1.807, 2.05) is 0 Å². The number of hydrogen-bond donors (Lipinski definition) is 2. The molecule has 90 valence electrons. The minimum Gasteiger partial charge on any atom is -0.363 e. The molecule has 0 heterocycles. The third kappa shape index (κ3) is 8.67. The van der Waals surface area contributed by atoms with E-state index >= 15 is 0 Å². The topological polar surface area (TPSA) is 24.1 Å². The van der Waals surface area contributed by atoms with E-state index in [9.17, 15) is 0 Å². The van der Waals surface area contributed by atoms with Crippen molar-refractivity contribution in [1.82, 2.24) is 10.6 Å². The zero-order chi connectivity index (χ0) is 11.7. The van der Waals surface area contributed by atoms with Crippen LogP contribution in [-0.4, -0.2) is 18.2 Å². The smallest absolute Gasteiger partial charge is 0.166 e. The first-order chi connectivity index (χ1) is 7.02. The van der Waals surface area contributed by atoms with Crippen molar-refractivity contribution in [3.63, 3.8) is 0 Å². The van der Waals surface area contributed by atoms with Gasteiger partial charge in [-0.05, 0) is 31.0 Å². The van der Waals surface area contributed by atoms with Crippen LogP contribution in [-0.2, 0) is 0 Å². The maximum atomic E-state index is 5.13. The van der Waals surface area contributed by atoms with Gasteiger partial charge in [0.2, 0.25) is 0 Å². The van der Waals surface area contributed by atoms with Crippen LogP contribution < -0.4 is 10.6 Å². The molecule has 2 nitrogen and oxygen atoms in total. The summed E-state index contributed by atoms with van der Waals surface area (Å²) in [6.45, 7) is 10.7. The van der Waals surface area contributed by atoms with Gasteiger partial charge < -0.3 is 10.6 Å². The van der Waals surface area contributed by atoms with Crippen molar-refractivity contribution >= 4 is 17.3 Å². The number of unbranched alkanes of at least 4 members (excludes halogenated alkanes) is 2. The molecule has 0 saturated heterocycles. The van der Waals surface area contributed by atoms with Gasteiger partial charge in [-0.25, -0.2) is 0 Å². The van der Waals surface area contributed by atoms with Gasteiger partial charge in [0.05, 0.1) is 0 Å². The Hall–Kier alpha value is -0.310. The quantitative estimate of drug-likeness (QED) is 0.519. The van der Waals surface area contributed by atoms with Gasteiger partial charge in [0.15, 0.2) is 5.11 Å². The zero-order valence-electron chi connectivity index (χ0n) is 10.7. The van der Waals surface area contributed by atoms with Gasteiger partial charge >= 0.3 is 0 Å². The Bertz CT molecular complexity index is 178. The van der Waals surface area contributed by atoms with Gasteiger partial charge in [-0.15, -0.1) is 0 Å². The first kappa shape index (κ1) is 14.7. The Kier molecular flexibility index (Phi) is 7.75. The van der Waals surface area contributed by atoms with Crippen LogP contribution in [0.1, 0.15) is 53.4 Å². The van der Waals surface area contributed by atoms with Crippen molar-refractivity contribution in [2.75, 3.05) is 13.1 Å². The summed E-state index contributed by atoms with van der Waals surface area (Å²) in [5.41, 5.74) is 0.342. The lowest BCUT2D eigenvalue weighted by molar-refractivity contribution is 0.319. The molecule has 0 rings (SSSR count). The average Bonchev–Trinajstić information content (AvgIpc) is 2.16. The highest BCUT2D eigenvalue weighted by atomic mass is 32.1. The van der Waals surface area contributed by atoms with Crippen LogP contribution in [0.4, 0.5) is 0 Å². The lowest BCUT2D eigenvalue weighted by atomic mass is 9.87. The predicted octanol–water partition coefficient (Wildman–Crippen LogP) is 3.08. The Balaban J connectivity index is 3.67. The molecule has 0 aromatic rings. The molecule has 0 unspecified atom stereocenters. The highest BCUT2D eigenvalue weighted by Crippen LogP contribution is 2.22. The van der Waals surface area contributed by atoms with Crippen LogP contribution in [0.5, 0.6) is 0 Å². The van der Waals surface area contributed by atoms with Crippen molar-refractivity contribution < 1.29 is 0 Å². The normalized spacial score (nSPS) is 11.2. The fraction of sp³-hybridized carbons (Fsp3) is 0.917. The summed E-state index contributed by atoms with van der Waals surface area (Å²) < 4.78 is 0. The van der Waals surface area contributed by atoms with Crippen LogP contribution in [0.15, 0.2) is 0 Å². The molecule has 0 aromatic heterocycles. The van der Waals surface area contributed by atoms with E-state index in [0.717, 1.165) is 18.2 Å². The molecule has 0 bridgehead atoms. The predicted molar refractivity (Wildman–Crippen MR) is 72.2 cm³/mol. The molecule has 0 spiro atoms. The molecule has 0 saturated carbocycles. The molecule has 0 aliphatic carbocycles. The van der Waals surface area contributed by atoms with E-state index < -0.39 is 0 Å². The highest BCUT2D eigenvalue weighted by molar-refractivity contribution is 7.80. The van der Waals surface area contributed by atoms with Crippen LogP contribution in [0.3, 0.4) is 0 Å². The van der Waals surface area contributed by atoms with Crippen LogP contribution in [0, 0.1) is 5.41 Å². The molecule has 0 atom stereocenters. The van der Waals surface area contributed by atoms with Crippen molar-refractivity contribution in [2.45, 2.75) is 53.4 Å². The summed E-state index contributed by atoms with van der Waals surface area (Å²) in [7, 11) is 0. The fourth-order valence-corrected chi connectivity index (χ4v) is 1.70. The largest absolute Gasteiger partial charge is 0.363 e. The Morgan fingerprint density at radius 3 is 2.33 bits per heavy atom.